The largest absolute Gasteiger partial charge is 0.326 e. The zero-order valence-electron chi connectivity index (χ0n) is 13.5. The van der Waals surface area contributed by atoms with Gasteiger partial charge >= 0.3 is 8.25 Å². The van der Waals surface area contributed by atoms with E-state index < -0.39 is 8.25 Å². The van der Waals surface area contributed by atoms with Gasteiger partial charge in [0.25, 0.3) is 0 Å². The molecule has 0 aliphatic heterocycles. The monoisotopic (exact) mass is 306 g/mol. The maximum Gasteiger partial charge on any atom is 0.316 e. The fraction of sp³-hybridized carbons (Fsp3) is 1.00. The molecule has 0 aliphatic rings. The lowest BCUT2D eigenvalue weighted by Gasteiger charge is -2.15. The molecule has 0 rings (SSSR count). The highest BCUT2D eigenvalue weighted by Crippen LogP contribution is 2.25. The van der Waals surface area contributed by atoms with E-state index in [0.29, 0.717) is 0 Å². The molecule has 0 radical (unpaired) electrons. The maximum absolute atomic E-state index is 10.9. The highest BCUT2D eigenvalue weighted by Gasteiger charge is 2.11. The van der Waals surface area contributed by atoms with E-state index in [1.54, 1.807) is 0 Å². The molecule has 0 aromatic heterocycles. The van der Waals surface area contributed by atoms with Gasteiger partial charge in [0.15, 0.2) is 0 Å². The van der Waals surface area contributed by atoms with Crippen molar-refractivity contribution >= 4 is 8.25 Å². The van der Waals surface area contributed by atoms with Gasteiger partial charge in [-0.3, -0.25) is 4.57 Å². The van der Waals surface area contributed by atoms with Crippen molar-refractivity contribution in [2.75, 3.05) is 0 Å². The van der Waals surface area contributed by atoms with Crippen LogP contribution in [0.25, 0.3) is 0 Å². The summed E-state index contributed by atoms with van der Waals surface area (Å²) in [5.41, 5.74) is 0. The van der Waals surface area contributed by atoms with E-state index in [2.05, 4.69) is 13.8 Å². The minimum atomic E-state index is -2.78. The van der Waals surface area contributed by atoms with Gasteiger partial charge in [0.1, 0.15) is 0 Å². The Morgan fingerprint density at radius 1 is 0.800 bits per heavy atom. The molecule has 0 amide bonds. The van der Waals surface area contributed by atoms with Crippen molar-refractivity contribution < 1.29 is 14.0 Å². The van der Waals surface area contributed by atoms with Crippen LogP contribution in [0.3, 0.4) is 0 Å². The molecule has 0 aliphatic carbocycles. The lowest BCUT2D eigenvalue weighted by Crippen LogP contribution is -2.09. The summed E-state index contributed by atoms with van der Waals surface area (Å²) in [4.78, 5) is 8.96. The highest BCUT2D eigenvalue weighted by atomic mass is 31.1. The first-order valence-electron chi connectivity index (χ1n) is 8.60. The second kappa shape index (κ2) is 15.5. The van der Waals surface area contributed by atoms with Crippen molar-refractivity contribution in [1.29, 1.82) is 0 Å². The Bertz CT molecular complexity index is 222. The zero-order valence-corrected chi connectivity index (χ0v) is 14.5. The van der Waals surface area contributed by atoms with Gasteiger partial charge in [0.05, 0.1) is 6.10 Å². The Morgan fingerprint density at radius 3 is 1.60 bits per heavy atom. The van der Waals surface area contributed by atoms with Crippen LogP contribution in [-0.2, 0) is 9.09 Å². The second-order valence-corrected chi connectivity index (χ2v) is 6.53. The summed E-state index contributed by atoms with van der Waals surface area (Å²) in [5, 5.41) is 0. The number of unbranched alkanes of at least 4 members (excludes halogenated alkanes) is 9. The fourth-order valence-electron chi connectivity index (χ4n) is 2.53. The van der Waals surface area contributed by atoms with Crippen LogP contribution in [-0.4, -0.2) is 11.0 Å². The van der Waals surface area contributed by atoms with Crippen LogP contribution in [0.4, 0.5) is 0 Å². The van der Waals surface area contributed by atoms with Crippen LogP contribution in [0, 0.1) is 0 Å². The van der Waals surface area contributed by atoms with Crippen LogP contribution in [0.15, 0.2) is 0 Å². The molecule has 2 atom stereocenters. The first kappa shape index (κ1) is 20.1. The molecule has 20 heavy (non-hydrogen) atoms. The van der Waals surface area contributed by atoms with Crippen LogP contribution in [0.2, 0.25) is 0 Å². The standard InChI is InChI=1S/C16H35O3P/c1-3-5-7-9-11-13-15-16(19-20(17)18)14-12-10-8-6-4-2/h16,20H,3-15H2,1-2H3,(H,17,18). The van der Waals surface area contributed by atoms with Gasteiger partial charge in [-0.25, -0.2) is 0 Å². The molecule has 0 bridgehead atoms. The Balaban J connectivity index is 3.65. The van der Waals surface area contributed by atoms with E-state index in [-0.39, 0.29) is 6.10 Å². The van der Waals surface area contributed by atoms with Gasteiger partial charge in [-0.1, -0.05) is 84.5 Å². The van der Waals surface area contributed by atoms with Crippen molar-refractivity contribution in [2.24, 2.45) is 0 Å². The lowest BCUT2D eigenvalue weighted by atomic mass is 10.0. The van der Waals surface area contributed by atoms with Gasteiger partial charge in [0, 0.05) is 0 Å². The molecule has 3 nitrogen and oxygen atoms in total. The summed E-state index contributed by atoms with van der Waals surface area (Å²) < 4.78 is 16.1. The van der Waals surface area contributed by atoms with Crippen LogP contribution < -0.4 is 0 Å². The summed E-state index contributed by atoms with van der Waals surface area (Å²) in [5.74, 6) is 0. The van der Waals surface area contributed by atoms with Crippen molar-refractivity contribution in [2.45, 2.75) is 103 Å². The fourth-order valence-corrected chi connectivity index (χ4v) is 3.05. The molecule has 0 fully saturated rings. The van der Waals surface area contributed by atoms with Crippen LogP contribution >= 0.6 is 8.25 Å². The first-order chi connectivity index (χ1) is 9.70. The van der Waals surface area contributed by atoms with E-state index in [4.69, 9.17) is 9.42 Å². The molecule has 4 heteroatoms. The SMILES string of the molecule is CCCCCCCCC(CCCCCCC)O[PH](=O)O. The number of hydrogen-bond donors (Lipinski definition) is 1. The molecule has 122 valence electrons. The smallest absolute Gasteiger partial charge is 0.316 e. The van der Waals surface area contributed by atoms with E-state index >= 15 is 0 Å². The molecule has 0 saturated heterocycles. The van der Waals surface area contributed by atoms with E-state index in [1.165, 1.54) is 57.8 Å². The molecule has 0 heterocycles. The summed E-state index contributed by atoms with van der Waals surface area (Å²) in [6.45, 7) is 4.43. The molecule has 2 unspecified atom stereocenters. The van der Waals surface area contributed by atoms with E-state index in [0.717, 1.165) is 25.7 Å². The predicted octanol–water partition coefficient (Wildman–Crippen LogP) is 5.86. The normalized spacial score (nSPS) is 14.3. The Hall–Kier alpha value is 0.150. The molecule has 0 aromatic rings. The van der Waals surface area contributed by atoms with Crippen LogP contribution in [0.5, 0.6) is 0 Å². The van der Waals surface area contributed by atoms with Crippen LogP contribution in [0.1, 0.15) is 97.3 Å². The van der Waals surface area contributed by atoms with Gasteiger partial charge in [-0.2, -0.15) is 0 Å². The van der Waals surface area contributed by atoms with Gasteiger partial charge in [-0.15, -0.1) is 0 Å². The molecular weight excluding hydrogens is 271 g/mol. The molecular formula is C16H35O3P. The Labute approximate surface area is 126 Å². The van der Waals surface area contributed by atoms with Crippen molar-refractivity contribution in [1.82, 2.24) is 0 Å². The van der Waals surface area contributed by atoms with E-state index in [9.17, 15) is 4.57 Å². The minimum Gasteiger partial charge on any atom is -0.326 e. The summed E-state index contributed by atoms with van der Waals surface area (Å²) in [7, 11) is -2.78. The Kier molecular flexibility index (Phi) is 15.7. The number of rotatable bonds is 15. The maximum atomic E-state index is 10.9. The topological polar surface area (TPSA) is 46.5 Å². The van der Waals surface area contributed by atoms with Crippen molar-refractivity contribution in [3.05, 3.63) is 0 Å². The summed E-state index contributed by atoms with van der Waals surface area (Å²) in [6, 6.07) is 0. The number of hydrogen-bond acceptors (Lipinski definition) is 2. The summed E-state index contributed by atoms with van der Waals surface area (Å²) >= 11 is 0. The third-order valence-electron chi connectivity index (χ3n) is 3.78. The van der Waals surface area contributed by atoms with Crippen molar-refractivity contribution in [3.8, 4) is 0 Å². The lowest BCUT2D eigenvalue weighted by molar-refractivity contribution is 0.162. The molecule has 0 aromatic carbocycles. The summed E-state index contributed by atoms with van der Waals surface area (Å²) in [6.07, 6.45) is 15.6. The third-order valence-corrected chi connectivity index (χ3v) is 4.31. The van der Waals surface area contributed by atoms with Gasteiger partial charge in [-0.05, 0) is 12.8 Å². The third kappa shape index (κ3) is 14.6. The zero-order chi connectivity index (χ0) is 15.1. The van der Waals surface area contributed by atoms with E-state index in [1.807, 2.05) is 0 Å². The molecule has 1 N–H and O–H groups in total. The average molecular weight is 306 g/mol. The molecule has 0 spiro atoms. The highest BCUT2D eigenvalue weighted by molar-refractivity contribution is 7.32. The first-order valence-corrected chi connectivity index (χ1v) is 9.86. The van der Waals surface area contributed by atoms with Gasteiger partial charge < -0.3 is 9.42 Å². The average Bonchev–Trinajstić information content (AvgIpc) is 2.41. The predicted molar refractivity (Wildman–Crippen MR) is 87.5 cm³/mol. The quantitative estimate of drug-likeness (QED) is 0.304. The van der Waals surface area contributed by atoms with Crippen molar-refractivity contribution in [3.63, 3.8) is 0 Å². The Morgan fingerprint density at radius 2 is 1.20 bits per heavy atom. The molecule has 0 saturated carbocycles. The second-order valence-electron chi connectivity index (χ2n) is 5.77. The van der Waals surface area contributed by atoms with Gasteiger partial charge in [0.2, 0.25) is 0 Å². The minimum absolute atomic E-state index is 0.000749.